The van der Waals surface area contributed by atoms with Gasteiger partial charge >= 0.3 is 0 Å². The van der Waals surface area contributed by atoms with Crippen LogP contribution in [0.15, 0.2) is 75.7 Å². The first-order valence-corrected chi connectivity index (χ1v) is 9.65. The minimum absolute atomic E-state index is 0.565. The van der Waals surface area contributed by atoms with Crippen molar-refractivity contribution in [1.29, 1.82) is 0 Å². The fraction of sp³-hybridized carbons (Fsp3) is 0.143. The summed E-state index contributed by atoms with van der Waals surface area (Å²) < 4.78 is 8.09. The molecule has 0 aliphatic rings. The van der Waals surface area contributed by atoms with Crippen molar-refractivity contribution in [3.05, 3.63) is 92.4 Å². The first-order valence-electron chi connectivity index (χ1n) is 8.06. The Labute approximate surface area is 165 Å². The van der Waals surface area contributed by atoms with Gasteiger partial charge in [-0.1, -0.05) is 56.1 Å². The zero-order valence-corrected chi connectivity index (χ0v) is 17.1. The van der Waals surface area contributed by atoms with Gasteiger partial charge in [0.1, 0.15) is 12.4 Å². The SMILES string of the molecule is Cc1cc(Br)ccc1NCc1cccc(OCc2ccc(Br)cc2)c1. The summed E-state index contributed by atoms with van der Waals surface area (Å²) in [5.74, 6) is 0.884. The van der Waals surface area contributed by atoms with E-state index >= 15 is 0 Å². The number of anilines is 1. The maximum atomic E-state index is 5.91. The van der Waals surface area contributed by atoms with Gasteiger partial charge in [0.25, 0.3) is 0 Å². The van der Waals surface area contributed by atoms with Gasteiger partial charge in [0.15, 0.2) is 0 Å². The molecule has 0 unspecified atom stereocenters. The van der Waals surface area contributed by atoms with Crippen LogP contribution in [0.4, 0.5) is 5.69 Å². The zero-order chi connectivity index (χ0) is 17.6. The monoisotopic (exact) mass is 459 g/mol. The van der Waals surface area contributed by atoms with E-state index in [0.29, 0.717) is 6.61 Å². The standard InChI is InChI=1S/C21H19Br2NO/c1-15-11-19(23)9-10-21(15)24-13-17-3-2-4-20(12-17)25-14-16-5-7-18(22)8-6-16/h2-12,24H,13-14H2,1H3. The number of ether oxygens (including phenoxy) is 1. The second-order valence-electron chi connectivity index (χ2n) is 5.88. The number of halogens is 2. The van der Waals surface area contributed by atoms with Crippen LogP contribution in [-0.2, 0) is 13.2 Å². The van der Waals surface area contributed by atoms with Gasteiger partial charge in [0.2, 0.25) is 0 Å². The van der Waals surface area contributed by atoms with E-state index in [2.05, 4.69) is 80.5 Å². The van der Waals surface area contributed by atoms with Crippen LogP contribution < -0.4 is 10.1 Å². The first-order chi connectivity index (χ1) is 12.1. The molecule has 0 amide bonds. The Morgan fingerprint density at radius 3 is 2.36 bits per heavy atom. The molecule has 0 saturated heterocycles. The Morgan fingerprint density at radius 1 is 0.840 bits per heavy atom. The van der Waals surface area contributed by atoms with Crippen LogP contribution in [0.5, 0.6) is 5.75 Å². The molecule has 0 fully saturated rings. The van der Waals surface area contributed by atoms with Crippen molar-refractivity contribution in [2.75, 3.05) is 5.32 Å². The highest BCUT2D eigenvalue weighted by Crippen LogP contribution is 2.22. The summed E-state index contributed by atoms with van der Waals surface area (Å²) in [6, 6.07) is 22.6. The van der Waals surface area contributed by atoms with Crippen LogP contribution in [0, 0.1) is 6.92 Å². The number of hydrogen-bond acceptors (Lipinski definition) is 2. The molecule has 0 aliphatic heterocycles. The van der Waals surface area contributed by atoms with Gasteiger partial charge in [-0.2, -0.15) is 0 Å². The van der Waals surface area contributed by atoms with Crippen molar-refractivity contribution in [1.82, 2.24) is 0 Å². The molecule has 4 heteroatoms. The normalized spacial score (nSPS) is 10.5. The highest BCUT2D eigenvalue weighted by Gasteiger charge is 2.01. The summed E-state index contributed by atoms with van der Waals surface area (Å²) in [6.07, 6.45) is 0. The summed E-state index contributed by atoms with van der Waals surface area (Å²) in [5.41, 5.74) is 4.70. The van der Waals surface area contributed by atoms with Gasteiger partial charge in [0.05, 0.1) is 0 Å². The zero-order valence-electron chi connectivity index (χ0n) is 13.9. The fourth-order valence-corrected chi connectivity index (χ4v) is 3.26. The maximum Gasteiger partial charge on any atom is 0.120 e. The third-order valence-electron chi connectivity index (χ3n) is 3.89. The molecular weight excluding hydrogens is 442 g/mol. The van der Waals surface area contributed by atoms with Crippen LogP contribution in [0.3, 0.4) is 0 Å². The fourth-order valence-electron chi connectivity index (χ4n) is 2.52. The van der Waals surface area contributed by atoms with E-state index in [4.69, 9.17) is 4.74 Å². The Balaban J connectivity index is 1.60. The van der Waals surface area contributed by atoms with Crippen molar-refractivity contribution >= 4 is 37.5 Å². The highest BCUT2D eigenvalue weighted by atomic mass is 79.9. The van der Waals surface area contributed by atoms with Gasteiger partial charge in [0, 0.05) is 21.2 Å². The third kappa shape index (κ3) is 5.35. The summed E-state index contributed by atoms with van der Waals surface area (Å²) in [4.78, 5) is 0. The Kier molecular flexibility index (Phi) is 6.16. The Morgan fingerprint density at radius 2 is 1.60 bits per heavy atom. The van der Waals surface area contributed by atoms with E-state index in [1.165, 1.54) is 11.1 Å². The molecule has 0 bridgehead atoms. The van der Waals surface area contributed by atoms with E-state index in [9.17, 15) is 0 Å². The molecule has 0 saturated carbocycles. The lowest BCUT2D eigenvalue weighted by Crippen LogP contribution is -2.02. The quantitative estimate of drug-likeness (QED) is 0.441. The van der Waals surface area contributed by atoms with Crippen molar-refractivity contribution in [2.45, 2.75) is 20.1 Å². The van der Waals surface area contributed by atoms with Crippen molar-refractivity contribution in [3.8, 4) is 5.75 Å². The van der Waals surface area contributed by atoms with Crippen molar-refractivity contribution in [2.24, 2.45) is 0 Å². The first kappa shape index (κ1) is 18.0. The van der Waals surface area contributed by atoms with Gasteiger partial charge in [-0.05, 0) is 66.1 Å². The summed E-state index contributed by atoms with van der Waals surface area (Å²) in [7, 11) is 0. The Hall–Kier alpha value is -1.78. The maximum absolute atomic E-state index is 5.91. The molecule has 0 aliphatic carbocycles. The molecule has 0 radical (unpaired) electrons. The predicted molar refractivity (Wildman–Crippen MR) is 111 cm³/mol. The van der Waals surface area contributed by atoms with E-state index in [1.807, 2.05) is 30.3 Å². The van der Waals surface area contributed by atoms with E-state index in [0.717, 1.165) is 32.5 Å². The molecule has 3 aromatic rings. The largest absolute Gasteiger partial charge is 0.489 e. The number of benzene rings is 3. The molecule has 0 aromatic heterocycles. The van der Waals surface area contributed by atoms with Crippen molar-refractivity contribution < 1.29 is 4.74 Å². The number of aryl methyl sites for hydroxylation is 1. The molecule has 3 rings (SSSR count). The third-order valence-corrected chi connectivity index (χ3v) is 4.91. The average Bonchev–Trinajstić information content (AvgIpc) is 2.61. The van der Waals surface area contributed by atoms with Crippen LogP contribution in [0.1, 0.15) is 16.7 Å². The number of nitrogens with one attached hydrogen (secondary N) is 1. The highest BCUT2D eigenvalue weighted by molar-refractivity contribution is 9.10. The minimum Gasteiger partial charge on any atom is -0.489 e. The Bertz CT molecular complexity index is 847. The lowest BCUT2D eigenvalue weighted by molar-refractivity contribution is 0.306. The molecule has 0 heterocycles. The van der Waals surface area contributed by atoms with Gasteiger partial charge in [-0.15, -0.1) is 0 Å². The number of rotatable bonds is 6. The summed E-state index contributed by atoms with van der Waals surface area (Å²) >= 11 is 6.94. The van der Waals surface area contributed by atoms with E-state index < -0.39 is 0 Å². The number of hydrogen-bond donors (Lipinski definition) is 1. The molecule has 3 aromatic carbocycles. The molecule has 0 spiro atoms. The van der Waals surface area contributed by atoms with Gasteiger partial charge < -0.3 is 10.1 Å². The van der Waals surface area contributed by atoms with Crippen LogP contribution >= 0.6 is 31.9 Å². The van der Waals surface area contributed by atoms with Gasteiger partial charge in [-0.25, -0.2) is 0 Å². The molecule has 1 N–H and O–H groups in total. The van der Waals surface area contributed by atoms with E-state index in [-0.39, 0.29) is 0 Å². The summed E-state index contributed by atoms with van der Waals surface area (Å²) in [6.45, 7) is 3.43. The smallest absolute Gasteiger partial charge is 0.120 e. The topological polar surface area (TPSA) is 21.3 Å². The van der Waals surface area contributed by atoms with Crippen LogP contribution in [0.25, 0.3) is 0 Å². The lowest BCUT2D eigenvalue weighted by Gasteiger charge is -2.12. The van der Waals surface area contributed by atoms with Gasteiger partial charge in [-0.3, -0.25) is 0 Å². The molecule has 2 nitrogen and oxygen atoms in total. The van der Waals surface area contributed by atoms with Crippen LogP contribution in [-0.4, -0.2) is 0 Å². The lowest BCUT2D eigenvalue weighted by atomic mass is 10.1. The second kappa shape index (κ2) is 8.54. The molecule has 0 atom stereocenters. The average molecular weight is 461 g/mol. The minimum atomic E-state index is 0.565. The van der Waals surface area contributed by atoms with E-state index in [1.54, 1.807) is 0 Å². The molecule has 128 valence electrons. The van der Waals surface area contributed by atoms with Crippen LogP contribution in [0.2, 0.25) is 0 Å². The second-order valence-corrected chi connectivity index (χ2v) is 7.71. The summed E-state index contributed by atoms with van der Waals surface area (Å²) in [5, 5.41) is 3.48. The molecular formula is C21H19Br2NO. The van der Waals surface area contributed by atoms with Crippen molar-refractivity contribution in [3.63, 3.8) is 0 Å². The predicted octanol–water partition coefficient (Wildman–Crippen LogP) is 6.71. The molecule has 25 heavy (non-hydrogen) atoms.